The third kappa shape index (κ3) is 4.96. The van der Waals surface area contributed by atoms with E-state index in [1.165, 1.54) is 22.1 Å². The topological polar surface area (TPSA) is 51.2 Å². The summed E-state index contributed by atoms with van der Waals surface area (Å²) in [4.78, 5) is 17.9. The van der Waals surface area contributed by atoms with Gasteiger partial charge in [-0.2, -0.15) is 0 Å². The first-order valence-corrected chi connectivity index (χ1v) is 11.1. The van der Waals surface area contributed by atoms with E-state index < -0.39 is 0 Å². The number of hydrogen-bond acceptors (Lipinski definition) is 5. The summed E-state index contributed by atoms with van der Waals surface area (Å²) in [5.74, 6) is 1.52. The number of carbonyl (C=O) groups excluding carboxylic acids is 1. The Labute approximate surface area is 177 Å². The number of aromatic nitrogens is 1. The first kappa shape index (κ1) is 19.5. The monoisotopic (exact) mass is 420 g/mol. The number of rotatable bonds is 7. The number of anilines is 1. The predicted octanol–water partition coefficient (Wildman–Crippen LogP) is 6.09. The zero-order valence-electron chi connectivity index (χ0n) is 15.9. The SMILES string of the molecule is COc1ccc(SCCC(=O)Nc2nc(-c3ccc4ccccc4c3)cs2)cc1. The minimum absolute atomic E-state index is 0.0228. The van der Waals surface area contributed by atoms with Gasteiger partial charge in [0.1, 0.15) is 5.75 Å². The van der Waals surface area contributed by atoms with Crippen LogP contribution in [0.5, 0.6) is 5.75 Å². The quantitative estimate of drug-likeness (QED) is 0.367. The van der Waals surface area contributed by atoms with Crippen molar-refractivity contribution in [2.24, 2.45) is 0 Å². The highest BCUT2D eigenvalue weighted by Gasteiger charge is 2.09. The maximum atomic E-state index is 12.2. The molecule has 0 aliphatic carbocycles. The summed E-state index contributed by atoms with van der Waals surface area (Å²) in [7, 11) is 1.65. The van der Waals surface area contributed by atoms with Gasteiger partial charge in [0.25, 0.3) is 0 Å². The molecule has 0 saturated carbocycles. The molecule has 6 heteroatoms. The zero-order chi connectivity index (χ0) is 20.1. The maximum absolute atomic E-state index is 12.2. The summed E-state index contributed by atoms with van der Waals surface area (Å²) < 4.78 is 5.15. The van der Waals surface area contributed by atoms with Crippen LogP contribution < -0.4 is 10.1 Å². The minimum atomic E-state index is -0.0228. The molecule has 146 valence electrons. The summed E-state index contributed by atoms with van der Waals surface area (Å²) in [6.45, 7) is 0. The summed E-state index contributed by atoms with van der Waals surface area (Å²) in [6, 6.07) is 22.4. The standard InChI is InChI=1S/C23H20N2O2S2/c1-27-19-8-10-20(11-9-19)28-13-12-22(26)25-23-24-21(15-29-23)18-7-6-16-4-2-3-5-17(16)14-18/h2-11,14-15H,12-13H2,1H3,(H,24,25,26). The van der Waals surface area contributed by atoms with Gasteiger partial charge in [-0.15, -0.1) is 23.1 Å². The summed E-state index contributed by atoms with van der Waals surface area (Å²) in [6.07, 6.45) is 0.432. The van der Waals surface area contributed by atoms with E-state index in [4.69, 9.17) is 4.74 Å². The first-order chi connectivity index (χ1) is 14.2. The lowest BCUT2D eigenvalue weighted by Gasteiger charge is -2.04. The molecule has 0 spiro atoms. The van der Waals surface area contributed by atoms with E-state index in [1.54, 1.807) is 18.9 Å². The van der Waals surface area contributed by atoms with Crippen molar-refractivity contribution in [3.8, 4) is 17.0 Å². The molecule has 4 nitrogen and oxygen atoms in total. The number of methoxy groups -OCH3 is 1. The molecule has 29 heavy (non-hydrogen) atoms. The van der Waals surface area contributed by atoms with Gasteiger partial charge in [0.15, 0.2) is 5.13 Å². The van der Waals surface area contributed by atoms with Gasteiger partial charge in [-0.3, -0.25) is 4.79 Å². The van der Waals surface area contributed by atoms with E-state index in [0.717, 1.165) is 21.9 Å². The number of nitrogens with one attached hydrogen (secondary N) is 1. The van der Waals surface area contributed by atoms with Crippen molar-refractivity contribution in [3.63, 3.8) is 0 Å². The van der Waals surface area contributed by atoms with E-state index in [2.05, 4.69) is 40.6 Å². The molecule has 1 aromatic heterocycles. The molecule has 0 unspecified atom stereocenters. The van der Waals surface area contributed by atoms with Crippen LogP contribution in [-0.4, -0.2) is 23.8 Å². The average Bonchev–Trinajstić information content (AvgIpc) is 3.22. The average molecular weight is 421 g/mol. The van der Waals surface area contributed by atoms with Gasteiger partial charge in [0.2, 0.25) is 5.91 Å². The number of fused-ring (bicyclic) bond motifs is 1. The number of thiazole rings is 1. The molecular weight excluding hydrogens is 400 g/mol. The molecule has 1 heterocycles. The molecule has 4 aromatic rings. The lowest BCUT2D eigenvalue weighted by Crippen LogP contribution is -2.11. The van der Waals surface area contributed by atoms with Gasteiger partial charge in [0.05, 0.1) is 12.8 Å². The van der Waals surface area contributed by atoms with Crippen LogP contribution in [-0.2, 0) is 4.79 Å². The predicted molar refractivity (Wildman–Crippen MR) is 122 cm³/mol. The van der Waals surface area contributed by atoms with Crippen molar-refractivity contribution >= 4 is 44.9 Å². The highest BCUT2D eigenvalue weighted by Crippen LogP contribution is 2.28. The second-order valence-corrected chi connectivity index (χ2v) is 8.45. The Morgan fingerprint density at radius 3 is 2.66 bits per heavy atom. The van der Waals surface area contributed by atoms with Crippen LogP contribution in [0.4, 0.5) is 5.13 Å². The molecule has 0 aliphatic rings. The fraction of sp³-hybridized carbons (Fsp3) is 0.130. The molecule has 0 atom stereocenters. The molecule has 1 amide bonds. The van der Waals surface area contributed by atoms with Crippen LogP contribution in [0.2, 0.25) is 0 Å². The van der Waals surface area contributed by atoms with Gasteiger partial charge in [-0.25, -0.2) is 4.98 Å². The van der Waals surface area contributed by atoms with E-state index in [1.807, 2.05) is 41.8 Å². The molecule has 0 saturated heterocycles. The van der Waals surface area contributed by atoms with E-state index in [9.17, 15) is 4.79 Å². The van der Waals surface area contributed by atoms with Crippen molar-refractivity contribution in [1.29, 1.82) is 0 Å². The van der Waals surface area contributed by atoms with Crippen LogP contribution in [0, 0.1) is 0 Å². The molecule has 0 bridgehead atoms. The largest absolute Gasteiger partial charge is 0.497 e. The number of thioether (sulfide) groups is 1. The number of nitrogens with zero attached hydrogens (tertiary/aromatic N) is 1. The van der Waals surface area contributed by atoms with Gasteiger partial charge < -0.3 is 10.1 Å². The number of carbonyl (C=O) groups is 1. The highest BCUT2D eigenvalue weighted by atomic mass is 32.2. The Hall–Kier alpha value is -2.83. The van der Waals surface area contributed by atoms with Crippen molar-refractivity contribution in [1.82, 2.24) is 4.98 Å². The van der Waals surface area contributed by atoms with Gasteiger partial charge in [-0.1, -0.05) is 36.4 Å². The molecule has 0 fully saturated rings. The normalized spacial score (nSPS) is 10.8. The van der Waals surface area contributed by atoms with Crippen LogP contribution in [0.1, 0.15) is 6.42 Å². The number of amides is 1. The Morgan fingerprint density at radius 2 is 1.86 bits per heavy atom. The van der Waals surface area contributed by atoms with Crippen molar-refractivity contribution in [2.75, 3.05) is 18.2 Å². The van der Waals surface area contributed by atoms with Crippen molar-refractivity contribution in [3.05, 3.63) is 72.1 Å². The number of ether oxygens (including phenoxy) is 1. The molecule has 4 rings (SSSR count). The Kier molecular flexibility index (Phi) is 6.12. The van der Waals surface area contributed by atoms with Crippen LogP contribution in [0.3, 0.4) is 0 Å². The molecule has 1 N–H and O–H groups in total. The fourth-order valence-corrected chi connectivity index (χ4v) is 4.52. The first-order valence-electron chi connectivity index (χ1n) is 9.23. The van der Waals surface area contributed by atoms with E-state index in [0.29, 0.717) is 17.3 Å². The minimum Gasteiger partial charge on any atom is -0.497 e. The third-order valence-electron chi connectivity index (χ3n) is 4.45. The lowest BCUT2D eigenvalue weighted by molar-refractivity contribution is -0.115. The van der Waals surface area contributed by atoms with Gasteiger partial charge >= 0.3 is 0 Å². The Balaban J connectivity index is 1.32. The lowest BCUT2D eigenvalue weighted by atomic mass is 10.1. The maximum Gasteiger partial charge on any atom is 0.226 e. The summed E-state index contributed by atoms with van der Waals surface area (Å²) in [5, 5.41) is 7.90. The Bertz CT molecular complexity index is 1120. The number of hydrogen-bond donors (Lipinski definition) is 1. The summed E-state index contributed by atoms with van der Waals surface area (Å²) >= 11 is 3.10. The van der Waals surface area contributed by atoms with E-state index in [-0.39, 0.29) is 5.91 Å². The number of benzene rings is 3. The highest BCUT2D eigenvalue weighted by molar-refractivity contribution is 7.99. The second-order valence-electron chi connectivity index (χ2n) is 6.42. The molecular formula is C23H20N2O2S2. The smallest absolute Gasteiger partial charge is 0.226 e. The van der Waals surface area contributed by atoms with Gasteiger partial charge in [0, 0.05) is 28.0 Å². The fourth-order valence-electron chi connectivity index (χ4n) is 2.93. The second kappa shape index (κ2) is 9.11. The zero-order valence-corrected chi connectivity index (χ0v) is 17.6. The molecule has 3 aromatic carbocycles. The van der Waals surface area contributed by atoms with Crippen molar-refractivity contribution in [2.45, 2.75) is 11.3 Å². The Morgan fingerprint density at radius 1 is 1.07 bits per heavy atom. The van der Waals surface area contributed by atoms with Crippen LogP contribution >= 0.6 is 23.1 Å². The van der Waals surface area contributed by atoms with Crippen LogP contribution in [0.25, 0.3) is 22.0 Å². The van der Waals surface area contributed by atoms with E-state index >= 15 is 0 Å². The molecule has 0 aliphatic heterocycles. The summed E-state index contributed by atoms with van der Waals surface area (Å²) in [5.41, 5.74) is 1.93. The third-order valence-corrected chi connectivity index (χ3v) is 6.22. The van der Waals surface area contributed by atoms with Crippen molar-refractivity contribution < 1.29 is 9.53 Å². The van der Waals surface area contributed by atoms with Gasteiger partial charge in [-0.05, 0) is 41.1 Å². The van der Waals surface area contributed by atoms with Crippen LogP contribution in [0.15, 0.2) is 77.0 Å². The molecule has 0 radical (unpaired) electrons.